The Bertz CT molecular complexity index is 913. The highest BCUT2D eigenvalue weighted by atomic mass is 15.3. The van der Waals surface area contributed by atoms with Crippen LogP contribution in [0.4, 0.5) is 0 Å². The van der Waals surface area contributed by atoms with Crippen LogP contribution in [0.25, 0.3) is 28.2 Å². The summed E-state index contributed by atoms with van der Waals surface area (Å²) < 4.78 is 3.76. The number of hydrogen-bond acceptors (Lipinski definition) is 3. The Morgan fingerprint density at radius 3 is 2.82 bits per heavy atom. The Kier molecular flexibility index (Phi) is 2.82. The van der Waals surface area contributed by atoms with Crippen LogP contribution in [0.2, 0.25) is 0 Å². The first-order valence-electron chi connectivity index (χ1n) is 7.26. The van der Waals surface area contributed by atoms with E-state index in [4.69, 9.17) is 4.98 Å². The van der Waals surface area contributed by atoms with Gasteiger partial charge in [-0.15, -0.1) is 0 Å². The molecule has 110 valence electrons. The number of fused-ring (bicyclic) bond motifs is 1. The van der Waals surface area contributed by atoms with Crippen LogP contribution in [0.5, 0.6) is 0 Å². The highest BCUT2D eigenvalue weighted by Gasteiger charge is 2.12. The summed E-state index contributed by atoms with van der Waals surface area (Å²) in [6.07, 6.45) is 5.52. The molecule has 0 unspecified atom stereocenters. The molecule has 0 bridgehead atoms. The number of aromatic amines is 1. The normalized spacial score (nSPS) is 11.6. The van der Waals surface area contributed by atoms with Crippen LogP contribution >= 0.6 is 0 Å². The maximum absolute atomic E-state index is 4.70. The molecular weight excluding hydrogens is 276 g/mol. The Hall–Kier alpha value is -2.89. The van der Waals surface area contributed by atoms with E-state index in [0.29, 0.717) is 0 Å². The molecule has 0 aliphatic rings. The summed E-state index contributed by atoms with van der Waals surface area (Å²) in [7, 11) is 0. The largest absolute Gasteiger partial charge is 0.335 e. The SMILES string of the molecule is CC(C)n1ncc2[nH]c(-c3cccc(-n4cccn4)c3)nc21. The van der Waals surface area contributed by atoms with Gasteiger partial charge in [-0.05, 0) is 32.0 Å². The van der Waals surface area contributed by atoms with Gasteiger partial charge in [-0.2, -0.15) is 10.2 Å². The molecule has 0 saturated heterocycles. The molecule has 4 rings (SSSR count). The lowest BCUT2D eigenvalue weighted by molar-refractivity contribution is 0.547. The second-order valence-electron chi connectivity index (χ2n) is 5.51. The van der Waals surface area contributed by atoms with Crippen molar-refractivity contribution in [3.05, 3.63) is 48.9 Å². The summed E-state index contributed by atoms with van der Waals surface area (Å²) in [4.78, 5) is 8.04. The number of benzene rings is 1. The minimum Gasteiger partial charge on any atom is -0.335 e. The van der Waals surface area contributed by atoms with Crippen molar-refractivity contribution >= 4 is 11.2 Å². The van der Waals surface area contributed by atoms with Crippen molar-refractivity contribution in [2.45, 2.75) is 19.9 Å². The van der Waals surface area contributed by atoms with E-state index < -0.39 is 0 Å². The molecule has 0 saturated carbocycles. The van der Waals surface area contributed by atoms with Crippen molar-refractivity contribution in [2.75, 3.05) is 0 Å². The van der Waals surface area contributed by atoms with E-state index in [1.54, 1.807) is 6.20 Å². The maximum atomic E-state index is 4.70. The molecule has 0 radical (unpaired) electrons. The highest BCUT2D eigenvalue weighted by Crippen LogP contribution is 2.23. The van der Waals surface area contributed by atoms with Gasteiger partial charge in [0.2, 0.25) is 0 Å². The number of aromatic nitrogens is 6. The smallest absolute Gasteiger partial charge is 0.176 e. The Labute approximate surface area is 127 Å². The molecule has 0 aliphatic heterocycles. The van der Waals surface area contributed by atoms with Crippen molar-refractivity contribution in [3.63, 3.8) is 0 Å². The monoisotopic (exact) mass is 292 g/mol. The first kappa shape index (κ1) is 12.8. The summed E-state index contributed by atoms with van der Waals surface area (Å²) in [5, 5.41) is 8.62. The third kappa shape index (κ3) is 2.00. The third-order valence-electron chi connectivity index (χ3n) is 3.62. The van der Waals surface area contributed by atoms with Crippen molar-refractivity contribution in [1.29, 1.82) is 0 Å². The molecule has 3 heterocycles. The zero-order chi connectivity index (χ0) is 15.1. The van der Waals surface area contributed by atoms with Gasteiger partial charge < -0.3 is 4.98 Å². The molecule has 3 aromatic heterocycles. The minimum absolute atomic E-state index is 0.282. The van der Waals surface area contributed by atoms with E-state index in [0.717, 1.165) is 28.2 Å². The van der Waals surface area contributed by atoms with Crippen LogP contribution < -0.4 is 0 Å². The number of nitrogens with zero attached hydrogens (tertiary/aromatic N) is 5. The van der Waals surface area contributed by atoms with Crippen LogP contribution in [0, 0.1) is 0 Å². The fourth-order valence-electron chi connectivity index (χ4n) is 2.55. The number of imidazole rings is 1. The molecule has 6 nitrogen and oxygen atoms in total. The zero-order valence-corrected chi connectivity index (χ0v) is 12.4. The molecule has 1 N–H and O–H groups in total. The average molecular weight is 292 g/mol. The van der Waals surface area contributed by atoms with Crippen LogP contribution in [0.15, 0.2) is 48.9 Å². The van der Waals surface area contributed by atoms with E-state index >= 15 is 0 Å². The van der Waals surface area contributed by atoms with Gasteiger partial charge in [0.25, 0.3) is 0 Å². The van der Waals surface area contributed by atoms with Gasteiger partial charge in [0.1, 0.15) is 11.3 Å². The molecule has 6 heteroatoms. The predicted molar refractivity (Wildman–Crippen MR) is 84.8 cm³/mol. The molecule has 0 amide bonds. The van der Waals surface area contributed by atoms with Gasteiger partial charge in [0.15, 0.2) is 5.65 Å². The first-order valence-corrected chi connectivity index (χ1v) is 7.26. The van der Waals surface area contributed by atoms with Crippen LogP contribution in [0.1, 0.15) is 19.9 Å². The number of rotatable bonds is 3. The summed E-state index contributed by atoms with van der Waals surface area (Å²) in [5.74, 6) is 0.843. The van der Waals surface area contributed by atoms with Gasteiger partial charge in [0.05, 0.1) is 11.9 Å². The topological polar surface area (TPSA) is 64.3 Å². The van der Waals surface area contributed by atoms with E-state index in [1.165, 1.54) is 0 Å². The summed E-state index contributed by atoms with van der Waals surface area (Å²) >= 11 is 0. The lowest BCUT2D eigenvalue weighted by Gasteiger charge is -2.05. The number of hydrogen-bond donors (Lipinski definition) is 1. The van der Waals surface area contributed by atoms with Crippen molar-refractivity contribution in [2.24, 2.45) is 0 Å². The fourth-order valence-corrected chi connectivity index (χ4v) is 2.55. The number of nitrogens with one attached hydrogen (secondary N) is 1. The van der Waals surface area contributed by atoms with Crippen molar-refractivity contribution in [1.82, 2.24) is 29.5 Å². The van der Waals surface area contributed by atoms with Gasteiger partial charge in [0, 0.05) is 24.0 Å². The molecule has 22 heavy (non-hydrogen) atoms. The molecule has 0 fully saturated rings. The van der Waals surface area contributed by atoms with Crippen LogP contribution in [-0.4, -0.2) is 29.5 Å². The fraction of sp³-hybridized carbons (Fsp3) is 0.188. The van der Waals surface area contributed by atoms with E-state index in [2.05, 4.69) is 35.1 Å². The lowest BCUT2D eigenvalue weighted by Crippen LogP contribution is -2.02. The summed E-state index contributed by atoms with van der Waals surface area (Å²) in [6.45, 7) is 4.19. The highest BCUT2D eigenvalue weighted by molar-refractivity contribution is 5.76. The second kappa shape index (κ2) is 4.84. The summed E-state index contributed by atoms with van der Waals surface area (Å²) in [5.41, 5.74) is 3.87. The molecule has 0 aliphatic carbocycles. The quantitative estimate of drug-likeness (QED) is 0.630. The van der Waals surface area contributed by atoms with E-state index in [-0.39, 0.29) is 6.04 Å². The lowest BCUT2D eigenvalue weighted by atomic mass is 10.2. The van der Waals surface area contributed by atoms with E-state index in [1.807, 2.05) is 46.0 Å². The van der Waals surface area contributed by atoms with Crippen LogP contribution in [-0.2, 0) is 0 Å². The van der Waals surface area contributed by atoms with Gasteiger partial charge in [-0.25, -0.2) is 14.3 Å². The molecule has 0 atom stereocenters. The van der Waals surface area contributed by atoms with Gasteiger partial charge >= 0.3 is 0 Å². The summed E-state index contributed by atoms with van der Waals surface area (Å²) in [6, 6.07) is 10.3. The molecule has 4 aromatic rings. The molecule has 0 spiro atoms. The Balaban J connectivity index is 1.80. The third-order valence-corrected chi connectivity index (χ3v) is 3.62. The van der Waals surface area contributed by atoms with E-state index in [9.17, 15) is 0 Å². The van der Waals surface area contributed by atoms with Crippen LogP contribution in [0.3, 0.4) is 0 Å². The van der Waals surface area contributed by atoms with Gasteiger partial charge in [-0.1, -0.05) is 12.1 Å². The number of H-pyrrole nitrogens is 1. The Morgan fingerprint density at radius 1 is 1.14 bits per heavy atom. The minimum atomic E-state index is 0.282. The zero-order valence-electron chi connectivity index (χ0n) is 12.4. The van der Waals surface area contributed by atoms with Crippen molar-refractivity contribution in [3.8, 4) is 17.1 Å². The van der Waals surface area contributed by atoms with Crippen molar-refractivity contribution < 1.29 is 0 Å². The standard InChI is InChI=1S/C16H16N6/c1-11(2)22-16-14(10-18-22)19-15(20-16)12-5-3-6-13(9-12)21-8-4-7-17-21/h3-11H,1-2H3,(H,19,20). The first-order chi connectivity index (χ1) is 10.7. The predicted octanol–water partition coefficient (Wildman–Crippen LogP) is 3.19. The Morgan fingerprint density at radius 2 is 2.05 bits per heavy atom. The maximum Gasteiger partial charge on any atom is 0.176 e. The molecular formula is C16H16N6. The van der Waals surface area contributed by atoms with Gasteiger partial charge in [-0.3, -0.25) is 0 Å². The molecule has 1 aromatic carbocycles. The second-order valence-corrected chi connectivity index (χ2v) is 5.51. The average Bonchev–Trinajstić information content (AvgIpc) is 3.23.